The summed E-state index contributed by atoms with van der Waals surface area (Å²) in [5.41, 5.74) is 0. The Bertz CT molecular complexity index is 1210. The molecule has 9 atom stereocenters. The van der Waals surface area contributed by atoms with Gasteiger partial charge in [-0.25, -0.2) is 0 Å². The second-order valence-electron chi connectivity index (χ2n) is 20.3. The number of aliphatic hydroxyl groups excluding tert-OH is 7. The Morgan fingerprint density at radius 1 is 0.493 bits per heavy atom. The van der Waals surface area contributed by atoms with Gasteiger partial charge in [0, 0.05) is 0 Å². The highest BCUT2D eigenvalue weighted by atomic mass is 16.7. The molecular weight excluding hydrogens is 871 g/mol. The molecule has 0 spiro atoms. The summed E-state index contributed by atoms with van der Waals surface area (Å²) in [5.74, 6) is -0.709. The van der Waals surface area contributed by atoms with E-state index in [-0.39, 0.29) is 12.8 Å². The molecule has 1 fully saturated rings. The molecule has 8 N–H and O–H groups in total. The summed E-state index contributed by atoms with van der Waals surface area (Å²) in [6.07, 6.45) is 46.4. The van der Waals surface area contributed by atoms with Crippen molar-refractivity contribution < 1.29 is 50.0 Å². The lowest BCUT2D eigenvalue weighted by Gasteiger charge is -2.40. The van der Waals surface area contributed by atoms with Gasteiger partial charge in [-0.3, -0.25) is 4.79 Å². The second kappa shape index (κ2) is 47.3. The van der Waals surface area contributed by atoms with E-state index < -0.39 is 74.2 Å². The topological polar surface area (TPSA) is 189 Å². The lowest BCUT2D eigenvalue weighted by molar-refractivity contribution is -0.303. The maximum absolute atomic E-state index is 13.2. The lowest BCUT2D eigenvalue weighted by Crippen LogP contribution is -2.60. The number of hydrogen-bond donors (Lipinski definition) is 8. The average Bonchev–Trinajstić information content (AvgIpc) is 3.35. The zero-order valence-electron chi connectivity index (χ0n) is 44.3. The number of hydrogen-bond acceptors (Lipinski definition) is 10. The van der Waals surface area contributed by atoms with Crippen LogP contribution in [0.1, 0.15) is 258 Å². The third kappa shape index (κ3) is 36.0. The minimum absolute atomic E-state index is 0.242. The van der Waals surface area contributed by atoms with E-state index in [1.54, 1.807) is 0 Å². The van der Waals surface area contributed by atoms with E-state index >= 15 is 0 Å². The Labute approximate surface area is 422 Å². The van der Waals surface area contributed by atoms with Crippen LogP contribution in [0, 0.1) is 0 Å². The van der Waals surface area contributed by atoms with Crippen molar-refractivity contribution in [1.29, 1.82) is 0 Å². The molecule has 69 heavy (non-hydrogen) atoms. The van der Waals surface area contributed by atoms with Crippen molar-refractivity contribution in [1.82, 2.24) is 5.32 Å². The predicted octanol–water partition coefficient (Wildman–Crippen LogP) is 11.9. The predicted molar refractivity (Wildman–Crippen MR) is 284 cm³/mol. The van der Waals surface area contributed by atoms with Crippen LogP contribution in [0.2, 0.25) is 0 Å². The highest BCUT2D eigenvalue weighted by molar-refractivity contribution is 5.80. The first kappa shape index (κ1) is 65.3. The number of carbonyl (C=O) groups is 1. The molecule has 11 nitrogen and oxygen atoms in total. The quantitative estimate of drug-likeness (QED) is 0.0215. The zero-order valence-corrected chi connectivity index (χ0v) is 44.3. The van der Waals surface area contributed by atoms with E-state index in [4.69, 9.17) is 9.47 Å². The van der Waals surface area contributed by atoms with Gasteiger partial charge in [0.2, 0.25) is 5.91 Å². The van der Waals surface area contributed by atoms with Crippen molar-refractivity contribution in [3.05, 3.63) is 36.5 Å². The summed E-state index contributed by atoms with van der Waals surface area (Å²) in [6.45, 7) is 3.41. The van der Waals surface area contributed by atoms with Crippen LogP contribution < -0.4 is 5.32 Å². The summed E-state index contributed by atoms with van der Waals surface area (Å²) < 4.78 is 11.1. The number of aliphatic hydroxyl groups is 7. The molecule has 406 valence electrons. The van der Waals surface area contributed by atoms with Crippen LogP contribution in [-0.4, -0.2) is 110 Å². The maximum Gasteiger partial charge on any atom is 0.249 e. The van der Waals surface area contributed by atoms with Crippen LogP contribution in [0.25, 0.3) is 0 Å². The Morgan fingerprint density at radius 3 is 1.28 bits per heavy atom. The van der Waals surface area contributed by atoms with Crippen LogP contribution in [0.4, 0.5) is 0 Å². The van der Waals surface area contributed by atoms with Gasteiger partial charge >= 0.3 is 0 Å². The van der Waals surface area contributed by atoms with Gasteiger partial charge in [-0.15, -0.1) is 0 Å². The summed E-state index contributed by atoms with van der Waals surface area (Å²) in [7, 11) is 0. The van der Waals surface area contributed by atoms with Crippen molar-refractivity contribution >= 4 is 5.91 Å². The third-order valence-electron chi connectivity index (χ3n) is 13.9. The molecular formula is C58H109NO10. The standard InChI is InChI=1S/C58H109NO10/c1-3-5-7-9-11-13-15-17-19-20-21-22-23-24-25-26-27-28-29-30-32-34-36-38-40-42-44-46-51(62)57(67)59-49(48-68-58-56(66)55(65)54(64)52(47-60)69-58)53(63)50(61)45-43-41-39-37-35-33-31-18-16-14-12-10-8-6-4-2/h10,12,18,31,37,39,49-56,58,60-66H,3-9,11,13-17,19-30,32-36,38,40-48H2,1-2H3,(H,59,67)/b12-10+,31-18+,39-37+. The maximum atomic E-state index is 13.2. The van der Waals surface area contributed by atoms with E-state index in [0.717, 1.165) is 51.4 Å². The van der Waals surface area contributed by atoms with Crippen molar-refractivity contribution in [3.8, 4) is 0 Å². The fourth-order valence-electron chi connectivity index (χ4n) is 9.17. The number of allylic oxidation sites excluding steroid dienone is 6. The fourth-order valence-corrected chi connectivity index (χ4v) is 9.17. The zero-order chi connectivity index (χ0) is 50.4. The van der Waals surface area contributed by atoms with Crippen LogP contribution in [0.15, 0.2) is 36.5 Å². The van der Waals surface area contributed by atoms with Crippen molar-refractivity contribution in [2.75, 3.05) is 13.2 Å². The Balaban J connectivity index is 2.28. The Kier molecular flexibility index (Phi) is 44.8. The number of ether oxygens (including phenoxy) is 2. The van der Waals surface area contributed by atoms with Gasteiger partial charge in [0.25, 0.3) is 0 Å². The third-order valence-corrected chi connectivity index (χ3v) is 13.9. The summed E-state index contributed by atoms with van der Waals surface area (Å²) in [4.78, 5) is 13.2. The highest BCUT2D eigenvalue weighted by Gasteiger charge is 2.44. The van der Waals surface area contributed by atoms with E-state index in [1.165, 1.54) is 161 Å². The first-order chi connectivity index (χ1) is 33.7. The molecule has 0 aromatic rings. The van der Waals surface area contributed by atoms with Crippen LogP contribution >= 0.6 is 0 Å². The molecule has 9 unspecified atom stereocenters. The molecule has 1 rings (SSSR count). The second-order valence-corrected chi connectivity index (χ2v) is 20.3. The molecule has 0 aromatic carbocycles. The normalized spacial score (nSPS) is 20.6. The van der Waals surface area contributed by atoms with Gasteiger partial charge in [0.1, 0.15) is 36.6 Å². The summed E-state index contributed by atoms with van der Waals surface area (Å²) >= 11 is 0. The van der Waals surface area contributed by atoms with Crippen molar-refractivity contribution in [2.24, 2.45) is 0 Å². The van der Waals surface area contributed by atoms with Crippen LogP contribution in [-0.2, 0) is 14.3 Å². The first-order valence-corrected chi connectivity index (χ1v) is 28.9. The largest absolute Gasteiger partial charge is 0.394 e. The Hall–Kier alpha value is -1.67. The number of nitrogens with one attached hydrogen (secondary N) is 1. The van der Waals surface area contributed by atoms with E-state index in [0.29, 0.717) is 19.3 Å². The van der Waals surface area contributed by atoms with Gasteiger partial charge < -0.3 is 50.5 Å². The number of unbranched alkanes of at least 4 members (excludes halogenated alkanes) is 31. The van der Waals surface area contributed by atoms with E-state index in [9.17, 15) is 40.5 Å². The number of carbonyl (C=O) groups excluding carboxylic acids is 1. The van der Waals surface area contributed by atoms with Crippen LogP contribution in [0.3, 0.4) is 0 Å². The molecule has 0 aliphatic carbocycles. The molecule has 1 amide bonds. The molecule has 0 saturated carbocycles. The monoisotopic (exact) mass is 980 g/mol. The molecule has 11 heteroatoms. The Morgan fingerprint density at radius 2 is 0.870 bits per heavy atom. The molecule has 1 aliphatic rings. The molecule has 0 radical (unpaired) electrons. The summed E-state index contributed by atoms with van der Waals surface area (Å²) in [5, 5.41) is 76.0. The SMILES string of the molecule is CCCC/C=C/CC/C=C/CC/C=C/CCCC(O)C(O)C(COC1OC(CO)C(O)C(O)C1O)NC(=O)C(O)CCCCCCCCCCCCCCCCCCCCCCCCCCCCC. The van der Waals surface area contributed by atoms with Gasteiger partial charge in [0.15, 0.2) is 6.29 Å². The molecule has 0 bridgehead atoms. The molecule has 1 saturated heterocycles. The van der Waals surface area contributed by atoms with Crippen LogP contribution in [0.5, 0.6) is 0 Å². The summed E-state index contributed by atoms with van der Waals surface area (Å²) in [6, 6.07) is -1.19. The number of amides is 1. The first-order valence-electron chi connectivity index (χ1n) is 28.9. The molecule has 1 heterocycles. The average molecular weight is 981 g/mol. The van der Waals surface area contributed by atoms with Gasteiger partial charge in [0.05, 0.1) is 25.4 Å². The van der Waals surface area contributed by atoms with Gasteiger partial charge in [-0.05, 0) is 57.8 Å². The smallest absolute Gasteiger partial charge is 0.249 e. The van der Waals surface area contributed by atoms with Gasteiger partial charge in [-0.1, -0.05) is 237 Å². The van der Waals surface area contributed by atoms with E-state index in [1.807, 2.05) is 0 Å². The van der Waals surface area contributed by atoms with Crippen molar-refractivity contribution in [2.45, 2.75) is 313 Å². The highest BCUT2D eigenvalue weighted by Crippen LogP contribution is 2.23. The lowest BCUT2D eigenvalue weighted by atomic mass is 9.98. The minimum atomic E-state index is -1.67. The van der Waals surface area contributed by atoms with Gasteiger partial charge in [-0.2, -0.15) is 0 Å². The molecule has 0 aromatic heterocycles. The minimum Gasteiger partial charge on any atom is -0.394 e. The molecule has 1 aliphatic heterocycles. The fraction of sp³-hybridized carbons (Fsp3) is 0.879. The van der Waals surface area contributed by atoms with Crippen molar-refractivity contribution in [3.63, 3.8) is 0 Å². The van der Waals surface area contributed by atoms with E-state index in [2.05, 4.69) is 55.6 Å². The number of rotatable bonds is 49.